The van der Waals surface area contributed by atoms with Gasteiger partial charge in [0.15, 0.2) is 0 Å². The Bertz CT molecular complexity index is 645. The van der Waals surface area contributed by atoms with Crippen LogP contribution in [0.15, 0.2) is 31.7 Å². The number of nitrogens with zero attached hydrogens (tertiary/aromatic N) is 2. The number of thioether (sulfide) groups is 2. The molecule has 0 unspecified atom stereocenters. The van der Waals surface area contributed by atoms with Gasteiger partial charge in [-0.15, -0.1) is 0 Å². The first-order valence-electron chi connectivity index (χ1n) is 8.07. The van der Waals surface area contributed by atoms with E-state index >= 15 is 0 Å². The van der Waals surface area contributed by atoms with Crippen LogP contribution in [0.3, 0.4) is 0 Å². The van der Waals surface area contributed by atoms with Gasteiger partial charge >= 0.3 is 0 Å². The molecule has 4 nitrogen and oxygen atoms in total. The van der Waals surface area contributed by atoms with Gasteiger partial charge in [0.2, 0.25) is 0 Å². The number of rotatable bonds is 8. The number of allylic oxidation sites excluding steroid dienone is 1. The standard InChI is InChI=1S/C18H20N2O2S2/c1-3-5-9-21-14-7-8-15(22-10-6-4-2)17-16(14)23-18(24-17)13(11-19)12-20/h7-8H,3-6,9-10H2,1-2H3. The lowest BCUT2D eigenvalue weighted by molar-refractivity contribution is 0.288. The Morgan fingerprint density at radius 3 is 1.75 bits per heavy atom. The lowest BCUT2D eigenvalue weighted by atomic mass is 10.3. The van der Waals surface area contributed by atoms with E-state index in [1.54, 1.807) is 0 Å². The molecule has 1 heterocycles. The average molecular weight is 361 g/mol. The normalized spacial score (nSPS) is 12.2. The molecule has 0 fully saturated rings. The minimum absolute atomic E-state index is 0.139. The van der Waals surface area contributed by atoms with Crippen molar-refractivity contribution in [3.8, 4) is 23.6 Å². The average Bonchev–Trinajstić information content (AvgIpc) is 3.03. The fourth-order valence-corrected chi connectivity index (χ4v) is 4.54. The van der Waals surface area contributed by atoms with Crippen LogP contribution in [0.25, 0.3) is 0 Å². The molecule has 1 aliphatic heterocycles. The zero-order valence-corrected chi connectivity index (χ0v) is 15.6. The lowest BCUT2D eigenvalue weighted by Crippen LogP contribution is -2.00. The number of ether oxygens (including phenoxy) is 2. The van der Waals surface area contributed by atoms with Crippen LogP contribution in [0.5, 0.6) is 11.5 Å². The fourth-order valence-electron chi connectivity index (χ4n) is 2.02. The summed E-state index contributed by atoms with van der Waals surface area (Å²) in [7, 11) is 0. The molecule has 0 aromatic heterocycles. The van der Waals surface area contributed by atoms with Crippen molar-refractivity contribution in [2.45, 2.75) is 49.3 Å². The van der Waals surface area contributed by atoms with E-state index in [0.717, 1.165) is 47.0 Å². The van der Waals surface area contributed by atoms with Crippen LogP contribution < -0.4 is 9.47 Å². The molecule has 0 atom stereocenters. The molecule has 126 valence electrons. The molecule has 6 heteroatoms. The molecule has 0 N–H and O–H groups in total. The molecule has 0 amide bonds. The van der Waals surface area contributed by atoms with Crippen LogP contribution in [0.1, 0.15) is 39.5 Å². The number of hydrogen-bond donors (Lipinski definition) is 0. The quantitative estimate of drug-likeness (QED) is 0.450. The van der Waals surface area contributed by atoms with Crippen LogP contribution in [-0.4, -0.2) is 13.2 Å². The summed E-state index contributed by atoms with van der Waals surface area (Å²) in [5.74, 6) is 1.59. The first-order chi connectivity index (χ1) is 11.7. The smallest absolute Gasteiger partial charge is 0.150 e. The SMILES string of the molecule is CCCCOc1ccc(OCCCC)c2c1SC(=C(C#N)C#N)S2. The molecule has 0 bridgehead atoms. The molecular weight excluding hydrogens is 340 g/mol. The number of hydrogen-bond acceptors (Lipinski definition) is 6. The van der Waals surface area contributed by atoms with Crippen molar-refractivity contribution in [2.24, 2.45) is 0 Å². The molecular formula is C18H20N2O2S2. The maximum Gasteiger partial charge on any atom is 0.150 e. The fraction of sp³-hybridized carbons (Fsp3) is 0.444. The van der Waals surface area contributed by atoms with E-state index in [0.29, 0.717) is 17.5 Å². The van der Waals surface area contributed by atoms with Gasteiger partial charge in [-0.25, -0.2) is 0 Å². The lowest BCUT2D eigenvalue weighted by Gasteiger charge is -2.13. The monoisotopic (exact) mass is 360 g/mol. The Morgan fingerprint density at radius 2 is 1.38 bits per heavy atom. The maximum atomic E-state index is 9.13. The first kappa shape index (κ1) is 18.6. The molecule has 1 aliphatic rings. The zero-order chi connectivity index (χ0) is 17.4. The van der Waals surface area contributed by atoms with Crippen molar-refractivity contribution in [2.75, 3.05) is 13.2 Å². The largest absolute Gasteiger partial charge is 0.492 e. The number of benzene rings is 1. The molecule has 2 rings (SSSR count). The predicted molar refractivity (Wildman–Crippen MR) is 97.2 cm³/mol. The van der Waals surface area contributed by atoms with Crippen LogP contribution in [-0.2, 0) is 0 Å². The van der Waals surface area contributed by atoms with Gasteiger partial charge in [-0.05, 0) is 25.0 Å². The summed E-state index contributed by atoms with van der Waals surface area (Å²) in [4.78, 5) is 1.89. The summed E-state index contributed by atoms with van der Waals surface area (Å²) < 4.78 is 12.5. The predicted octanol–water partition coefficient (Wildman–Crippen LogP) is 5.50. The van der Waals surface area contributed by atoms with E-state index in [-0.39, 0.29) is 5.57 Å². The first-order valence-corrected chi connectivity index (χ1v) is 9.71. The molecule has 1 aromatic carbocycles. The summed E-state index contributed by atoms with van der Waals surface area (Å²) in [5.41, 5.74) is 0.139. The van der Waals surface area contributed by atoms with Gasteiger partial charge < -0.3 is 9.47 Å². The molecule has 24 heavy (non-hydrogen) atoms. The van der Waals surface area contributed by atoms with Gasteiger partial charge in [0.05, 0.1) is 27.2 Å². The second-order valence-corrected chi connectivity index (χ2v) is 7.51. The van der Waals surface area contributed by atoms with E-state index < -0.39 is 0 Å². The highest BCUT2D eigenvalue weighted by molar-refractivity contribution is 8.24. The highest BCUT2D eigenvalue weighted by Crippen LogP contribution is 2.58. The third-order valence-corrected chi connectivity index (χ3v) is 6.00. The Hall–Kier alpha value is -1.76. The topological polar surface area (TPSA) is 66.0 Å². The van der Waals surface area contributed by atoms with E-state index in [9.17, 15) is 0 Å². The highest BCUT2D eigenvalue weighted by Gasteiger charge is 2.28. The highest BCUT2D eigenvalue weighted by atomic mass is 32.2. The van der Waals surface area contributed by atoms with Crippen LogP contribution in [0, 0.1) is 22.7 Å². The van der Waals surface area contributed by atoms with Gasteiger partial charge in [-0.2, -0.15) is 10.5 Å². The molecule has 0 aliphatic carbocycles. The van der Waals surface area contributed by atoms with Gasteiger partial charge in [-0.3, -0.25) is 0 Å². The number of fused-ring (bicyclic) bond motifs is 1. The molecule has 0 radical (unpaired) electrons. The summed E-state index contributed by atoms with van der Waals surface area (Å²) in [6, 6.07) is 7.78. The third kappa shape index (κ3) is 4.41. The van der Waals surface area contributed by atoms with E-state index in [4.69, 9.17) is 20.0 Å². The summed E-state index contributed by atoms with van der Waals surface area (Å²) in [6.07, 6.45) is 4.12. The summed E-state index contributed by atoms with van der Waals surface area (Å²) in [6.45, 7) is 5.56. The van der Waals surface area contributed by atoms with Crippen molar-refractivity contribution in [1.29, 1.82) is 10.5 Å². The molecule has 0 saturated heterocycles. The van der Waals surface area contributed by atoms with Gasteiger partial charge in [-0.1, -0.05) is 50.2 Å². The van der Waals surface area contributed by atoms with Gasteiger partial charge in [0, 0.05) is 0 Å². The second-order valence-electron chi connectivity index (χ2n) is 5.21. The summed E-state index contributed by atoms with van der Waals surface area (Å²) in [5, 5.41) is 18.3. The van der Waals surface area contributed by atoms with E-state index in [2.05, 4.69) is 13.8 Å². The van der Waals surface area contributed by atoms with Crippen molar-refractivity contribution in [1.82, 2.24) is 0 Å². The Labute approximate surface area is 151 Å². The zero-order valence-electron chi connectivity index (χ0n) is 13.9. The Morgan fingerprint density at radius 1 is 0.917 bits per heavy atom. The van der Waals surface area contributed by atoms with Crippen molar-refractivity contribution in [3.05, 3.63) is 21.9 Å². The molecule has 0 spiro atoms. The van der Waals surface area contributed by atoms with E-state index in [1.165, 1.54) is 23.5 Å². The van der Waals surface area contributed by atoms with Crippen LogP contribution in [0.4, 0.5) is 0 Å². The van der Waals surface area contributed by atoms with Gasteiger partial charge in [0.1, 0.15) is 29.2 Å². The van der Waals surface area contributed by atoms with Crippen molar-refractivity contribution >= 4 is 23.5 Å². The minimum atomic E-state index is 0.139. The number of nitriles is 2. The van der Waals surface area contributed by atoms with Crippen LogP contribution in [0.2, 0.25) is 0 Å². The van der Waals surface area contributed by atoms with Crippen molar-refractivity contribution in [3.63, 3.8) is 0 Å². The Kier molecular flexibility index (Phi) is 7.36. The molecule has 0 saturated carbocycles. The van der Waals surface area contributed by atoms with Crippen LogP contribution >= 0.6 is 23.5 Å². The molecule has 1 aromatic rings. The second kappa shape index (κ2) is 9.52. The summed E-state index contributed by atoms with van der Waals surface area (Å²) >= 11 is 2.85. The number of unbranched alkanes of at least 4 members (excludes halogenated alkanes) is 2. The Balaban J connectivity index is 2.31. The van der Waals surface area contributed by atoms with Gasteiger partial charge in [0.25, 0.3) is 0 Å². The minimum Gasteiger partial charge on any atom is -0.492 e. The maximum absolute atomic E-state index is 9.13. The van der Waals surface area contributed by atoms with E-state index in [1.807, 2.05) is 24.3 Å². The third-order valence-electron chi connectivity index (χ3n) is 3.37. The van der Waals surface area contributed by atoms with Crippen molar-refractivity contribution < 1.29 is 9.47 Å².